The summed E-state index contributed by atoms with van der Waals surface area (Å²) in [6, 6.07) is 7.37. The Hall–Kier alpha value is -1.77. The van der Waals surface area contributed by atoms with Crippen LogP contribution >= 0.6 is 0 Å². The van der Waals surface area contributed by atoms with Crippen LogP contribution in [0.15, 0.2) is 29.1 Å². The molecule has 1 aromatic carbocycles. The zero-order valence-corrected chi connectivity index (χ0v) is 6.13. The average Bonchev–Trinajstić information content (AvgIpc) is 2.84. The molecule has 1 aliphatic heterocycles. The minimum Gasteiger partial charge on any atom is -0.427 e. The number of para-hydroxylation sites is 1. The molecule has 2 heterocycles. The lowest BCUT2D eigenvalue weighted by Gasteiger charge is -1.89. The van der Waals surface area contributed by atoms with Crippen LogP contribution in [0.25, 0.3) is 10.9 Å². The minimum atomic E-state index is -0.0145. The molecule has 0 bridgehead atoms. The number of aromatic amines is 1. The number of rotatable bonds is 0. The van der Waals surface area contributed by atoms with E-state index in [9.17, 15) is 4.79 Å². The molecule has 0 saturated carbocycles. The number of pyridine rings is 1. The van der Waals surface area contributed by atoms with E-state index in [1.54, 1.807) is 6.07 Å². The molecule has 1 N–H and O–H groups in total. The number of aromatic nitrogens is 1. The normalized spacial score (nSPS) is 12.3. The van der Waals surface area contributed by atoms with E-state index >= 15 is 0 Å². The first-order valence-electron chi connectivity index (χ1n) is 3.69. The summed E-state index contributed by atoms with van der Waals surface area (Å²) in [5.74, 6) is 1.08. The van der Waals surface area contributed by atoms with Gasteiger partial charge in [-0.3, -0.25) is 4.79 Å². The molecule has 0 atom stereocenters. The molecule has 0 amide bonds. The Kier molecular flexibility index (Phi) is 0.821. The van der Waals surface area contributed by atoms with Gasteiger partial charge in [0, 0.05) is 5.39 Å². The SMILES string of the molecule is O=c1c2c([nH]c3ccccc13)O2. The first kappa shape index (κ1) is 5.83. The molecule has 0 spiro atoms. The Morgan fingerprint density at radius 2 is 2.08 bits per heavy atom. The standard InChI is InChI=1S/C9H5NO2/c11-7-5-3-1-2-4-6(5)10-9-8(7)12-9/h1-4H,(H,10,11). The van der Waals surface area contributed by atoms with Crippen LogP contribution < -0.4 is 10.2 Å². The fourth-order valence-corrected chi connectivity index (χ4v) is 1.34. The van der Waals surface area contributed by atoms with Gasteiger partial charge in [0.1, 0.15) is 0 Å². The van der Waals surface area contributed by atoms with Gasteiger partial charge in [-0.15, -0.1) is 0 Å². The van der Waals surface area contributed by atoms with Gasteiger partial charge < -0.3 is 9.72 Å². The maximum Gasteiger partial charge on any atom is 0.245 e. The van der Waals surface area contributed by atoms with Gasteiger partial charge in [-0.1, -0.05) is 12.1 Å². The summed E-state index contributed by atoms with van der Waals surface area (Å²) in [6.07, 6.45) is 0. The van der Waals surface area contributed by atoms with E-state index in [0.717, 1.165) is 5.52 Å². The number of nitrogens with one attached hydrogen (secondary N) is 1. The zero-order valence-electron chi connectivity index (χ0n) is 6.13. The molecular weight excluding hydrogens is 154 g/mol. The van der Waals surface area contributed by atoms with Gasteiger partial charge >= 0.3 is 0 Å². The highest BCUT2D eigenvalue weighted by molar-refractivity contribution is 5.82. The van der Waals surface area contributed by atoms with Gasteiger partial charge in [-0.2, -0.15) is 0 Å². The van der Waals surface area contributed by atoms with Gasteiger partial charge in [-0.25, -0.2) is 0 Å². The zero-order chi connectivity index (χ0) is 8.13. The van der Waals surface area contributed by atoms with Crippen LogP contribution in [0.3, 0.4) is 0 Å². The average molecular weight is 159 g/mol. The van der Waals surface area contributed by atoms with Gasteiger partial charge in [0.2, 0.25) is 17.1 Å². The summed E-state index contributed by atoms with van der Waals surface area (Å²) >= 11 is 0. The molecule has 0 fully saturated rings. The number of H-pyrrole nitrogens is 1. The van der Waals surface area contributed by atoms with Crippen molar-refractivity contribution in [3.8, 4) is 11.6 Å². The molecule has 1 aliphatic rings. The number of ether oxygens (including phenoxy) is 1. The van der Waals surface area contributed by atoms with E-state index in [1.165, 1.54) is 0 Å². The molecule has 3 heteroatoms. The number of fused-ring (bicyclic) bond motifs is 2. The van der Waals surface area contributed by atoms with Crippen molar-refractivity contribution in [3.05, 3.63) is 34.5 Å². The van der Waals surface area contributed by atoms with Crippen molar-refractivity contribution in [2.45, 2.75) is 0 Å². The lowest BCUT2D eigenvalue weighted by Crippen LogP contribution is -1.95. The molecule has 2 aromatic rings. The van der Waals surface area contributed by atoms with Crippen molar-refractivity contribution >= 4 is 10.9 Å². The van der Waals surface area contributed by atoms with E-state index in [0.29, 0.717) is 17.0 Å². The second-order valence-electron chi connectivity index (χ2n) is 2.76. The van der Waals surface area contributed by atoms with Crippen LogP contribution in [0, 0.1) is 0 Å². The molecular formula is C9H5NO2. The number of hydrogen-bond acceptors (Lipinski definition) is 2. The second-order valence-corrected chi connectivity index (χ2v) is 2.76. The van der Waals surface area contributed by atoms with Crippen molar-refractivity contribution in [1.29, 1.82) is 0 Å². The van der Waals surface area contributed by atoms with Crippen molar-refractivity contribution in [2.75, 3.05) is 0 Å². The molecule has 3 nitrogen and oxygen atoms in total. The Morgan fingerprint density at radius 3 is 3.00 bits per heavy atom. The van der Waals surface area contributed by atoms with Crippen molar-refractivity contribution < 1.29 is 4.74 Å². The molecule has 12 heavy (non-hydrogen) atoms. The fourth-order valence-electron chi connectivity index (χ4n) is 1.34. The quantitative estimate of drug-likeness (QED) is 0.507. The minimum absolute atomic E-state index is 0.0145. The summed E-state index contributed by atoms with van der Waals surface area (Å²) in [5, 5.41) is 0.689. The van der Waals surface area contributed by atoms with E-state index in [-0.39, 0.29) is 5.43 Å². The smallest absolute Gasteiger partial charge is 0.245 e. The highest BCUT2D eigenvalue weighted by Gasteiger charge is 2.26. The van der Waals surface area contributed by atoms with Gasteiger partial charge in [0.05, 0.1) is 5.52 Å². The third-order valence-electron chi connectivity index (χ3n) is 1.99. The summed E-state index contributed by atoms with van der Waals surface area (Å²) in [5.41, 5.74) is 0.818. The Balaban J connectivity index is 2.63. The predicted molar refractivity (Wildman–Crippen MR) is 44.6 cm³/mol. The lowest BCUT2D eigenvalue weighted by molar-refractivity contribution is 0.633. The van der Waals surface area contributed by atoms with Crippen LogP contribution in [0.4, 0.5) is 0 Å². The topological polar surface area (TPSA) is 45.4 Å². The first-order chi connectivity index (χ1) is 5.86. The maximum atomic E-state index is 11.4. The first-order valence-corrected chi connectivity index (χ1v) is 3.69. The second kappa shape index (κ2) is 1.69. The van der Waals surface area contributed by atoms with Crippen LogP contribution in [0.2, 0.25) is 0 Å². The molecule has 0 saturated heterocycles. The van der Waals surface area contributed by atoms with Crippen LogP contribution in [0.1, 0.15) is 0 Å². The molecule has 3 rings (SSSR count). The predicted octanol–water partition coefficient (Wildman–Crippen LogP) is 1.63. The highest BCUT2D eigenvalue weighted by atomic mass is 16.6. The largest absolute Gasteiger partial charge is 0.427 e. The van der Waals surface area contributed by atoms with E-state index < -0.39 is 0 Å². The molecule has 0 aliphatic carbocycles. The van der Waals surface area contributed by atoms with Crippen LogP contribution in [-0.2, 0) is 0 Å². The lowest BCUT2D eigenvalue weighted by atomic mass is 10.2. The van der Waals surface area contributed by atoms with Crippen LogP contribution in [-0.4, -0.2) is 4.98 Å². The third-order valence-corrected chi connectivity index (χ3v) is 1.99. The van der Waals surface area contributed by atoms with Crippen LogP contribution in [0.5, 0.6) is 11.6 Å². The maximum absolute atomic E-state index is 11.4. The summed E-state index contributed by atoms with van der Waals surface area (Å²) in [7, 11) is 0. The fraction of sp³-hybridized carbons (Fsp3) is 0. The third kappa shape index (κ3) is 0.580. The van der Waals surface area contributed by atoms with Gasteiger partial charge in [0.15, 0.2) is 0 Å². The molecule has 58 valence electrons. The van der Waals surface area contributed by atoms with E-state index in [1.807, 2.05) is 18.2 Å². The molecule has 1 aromatic heterocycles. The molecule has 0 unspecified atom stereocenters. The Morgan fingerprint density at radius 1 is 1.25 bits per heavy atom. The summed E-state index contributed by atoms with van der Waals surface area (Å²) in [4.78, 5) is 14.4. The van der Waals surface area contributed by atoms with E-state index in [2.05, 4.69) is 4.98 Å². The monoisotopic (exact) mass is 159 g/mol. The van der Waals surface area contributed by atoms with Crippen molar-refractivity contribution in [2.24, 2.45) is 0 Å². The number of hydrogen-bond donors (Lipinski definition) is 1. The summed E-state index contributed by atoms with van der Waals surface area (Å²) < 4.78 is 4.95. The van der Waals surface area contributed by atoms with Crippen molar-refractivity contribution in [3.63, 3.8) is 0 Å². The number of benzene rings is 1. The Labute approximate surface area is 67.6 Å². The molecule has 0 radical (unpaired) electrons. The Bertz CT molecular complexity index is 528. The van der Waals surface area contributed by atoms with Crippen molar-refractivity contribution in [1.82, 2.24) is 4.98 Å². The van der Waals surface area contributed by atoms with Gasteiger partial charge in [0.25, 0.3) is 0 Å². The summed E-state index contributed by atoms with van der Waals surface area (Å²) in [6.45, 7) is 0. The van der Waals surface area contributed by atoms with E-state index in [4.69, 9.17) is 4.74 Å². The van der Waals surface area contributed by atoms with Gasteiger partial charge in [-0.05, 0) is 12.1 Å². The highest BCUT2D eigenvalue weighted by Crippen LogP contribution is 2.39.